The second-order valence-corrected chi connectivity index (χ2v) is 8.24. The van der Waals surface area contributed by atoms with Gasteiger partial charge in [0.2, 0.25) is 0 Å². The van der Waals surface area contributed by atoms with Crippen molar-refractivity contribution in [1.82, 2.24) is 24.6 Å². The van der Waals surface area contributed by atoms with Gasteiger partial charge in [-0.25, -0.2) is 14.6 Å². The number of piperidine rings is 1. The third-order valence-electron chi connectivity index (χ3n) is 4.57. The Morgan fingerprint density at radius 1 is 1.25 bits per heavy atom. The van der Waals surface area contributed by atoms with Crippen LogP contribution in [-0.2, 0) is 6.42 Å². The fraction of sp³-hybridized carbons (Fsp3) is 0.471. The Morgan fingerprint density at radius 2 is 2.08 bits per heavy atom. The van der Waals surface area contributed by atoms with Gasteiger partial charge in [-0.2, -0.15) is 5.10 Å². The summed E-state index contributed by atoms with van der Waals surface area (Å²) in [6.07, 6.45) is 3.06. The van der Waals surface area contributed by atoms with E-state index in [1.54, 1.807) is 22.7 Å². The summed E-state index contributed by atoms with van der Waals surface area (Å²) in [5.41, 5.74) is 2.95. The lowest BCUT2D eigenvalue weighted by atomic mass is 10.1. The maximum atomic E-state index is 4.90. The van der Waals surface area contributed by atoms with Gasteiger partial charge in [0.25, 0.3) is 0 Å². The minimum Gasteiger partial charge on any atom is -0.306 e. The molecule has 7 heteroatoms. The first-order chi connectivity index (χ1) is 11.7. The minimum atomic E-state index is 0.433. The maximum Gasteiger partial charge on any atom is 0.170 e. The summed E-state index contributed by atoms with van der Waals surface area (Å²) in [4.78, 5) is 14.2. The molecule has 0 aromatic carbocycles. The molecule has 3 aromatic rings. The summed E-state index contributed by atoms with van der Waals surface area (Å²) < 4.78 is 2.18. The zero-order valence-electron chi connectivity index (χ0n) is 14.0. The molecule has 1 aliphatic rings. The Labute approximate surface area is 150 Å². The van der Waals surface area contributed by atoms with Crippen LogP contribution >= 0.6 is 22.7 Å². The molecule has 0 unspecified atom stereocenters. The molecule has 0 amide bonds. The van der Waals surface area contributed by atoms with Crippen molar-refractivity contribution < 1.29 is 0 Å². The van der Waals surface area contributed by atoms with Gasteiger partial charge in [0.05, 0.1) is 22.1 Å². The zero-order chi connectivity index (χ0) is 16.5. The number of aromatic nitrogens is 4. The highest BCUT2D eigenvalue weighted by Gasteiger charge is 2.25. The van der Waals surface area contributed by atoms with Crippen LogP contribution in [0.2, 0.25) is 0 Å². The number of hydrogen-bond acceptors (Lipinski definition) is 6. The van der Waals surface area contributed by atoms with E-state index in [1.165, 1.54) is 4.88 Å². The molecule has 0 spiro atoms. The molecule has 3 aromatic heterocycles. The third-order valence-corrected chi connectivity index (χ3v) is 6.37. The van der Waals surface area contributed by atoms with E-state index in [4.69, 9.17) is 10.1 Å². The standard InChI is InChI=1S/C17H21N5S2/c1-12-16(24-11-18-12)17-19-15(10-14-4-3-9-23-14)20-22(17)13-5-7-21(2)8-6-13/h3-4,9,11,13H,5-8,10H2,1-2H3. The largest absolute Gasteiger partial charge is 0.306 e. The molecule has 5 nitrogen and oxygen atoms in total. The van der Waals surface area contributed by atoms with E-state index in [9.17, 15) is 0 Å². The first kappa shape index (κ1) is 15.9. The lowest BCUT2D eigenvalue weighted by molar-refractivity contribution is 0.213. The van der Waals surface area contributed by atoms with Crippen LogP contribution in [0.4, 0.5) is 0 Å². The van der Waals surface area contributed by atoms with E-state index in [-0.39, 0.29) is 0 Å². The van der Waals surface area contributed by atoms with Crippen LogP contribution in [0.25, 0.3) is 10.7 Å². The summed E-state index contributed by atoms with van der Waals surface area (Å²) in [5, 5.41) is 7.01. The Bertz CT molecular complexity index is 797. The average molecular weight is 360 g/mol. The van der Waals surface area contributed by atoms with Crippen molar-refractivity contribution >= 4 is 22.7 Å². The molecule has 1 fully saturated rings. The normalized spacial score (nSPS) is 16.8. The highest BCUT2D eigenvalue weighted by Crippen LogP contribution is 2.31. The molecule has 126 valence electrons. The smallest absolute Gasteiger partial charge is 0.170 e. The van der Waals surface area contributed by atoms with Crippen LogP contribution < -0.4 is 0 Å². The molecule has 1 saturated heterocycles. The van der Waals surface area contributed by atoms with Crippen molar-refractivity contribution in [3.05, 3.63) is 39.4 Å². The number of thiazole rings is 1. The van der Waals surface area contributed by atoms with Gasteiger partial charge in [0, 0.05) is 11.3 Å². The van der Waals surface area contributed by atoms with E-state index in [2.05, 4.69) is 46.0 Å². The zero-order valence-corrected chi connectivity index (χ0v) is 15.6. The Hall–Kier alpha value is -1.57. The molecule has 0 atom stereocenters. The number of hydrogen-bond donors (Lipinski definition) is 0. The van der Waals surface area contributed by atoms with E-state index in [0.717, 1.165) is 54.6 Å². The fourth-order valence-electron chi connectivity index (χ4n) is 3.18. The Morgan fingerprint density at radius 3 is 2.75 bits per heavy atom. The van der Waals surface area contributed by atoms with E-state index < -0.39 is 0 Å². The van der Waals surface area contributed by atoms with Gasteiger partial charge in [0.15, 0.2) is 11.6 Å². The van der Waals surface area contributed by atoms with Crippen LogP contribution in [-0.4, -0.2) is 44.8 Å². The Balaban J connectivity index is 1.70. The molecule has 0 radical (unpaired) electrons. The predicted molar refractivity (Wildman–Crippen MR) is 98.8 cm³/mol. The first-order valence-corrected chi connectivity index (χ1v) is 10.0. The molecule has 4 rings (SSSR count). The van der Waals surface area contributed by atoms with Gasteiger partial charge in [-0.15, -0.1) is 22.7 Å². The summed E-state index contributed by atoms with van der Waals surface area (Å²) in [7, 11) is 2.19. The van der Waals surface area contributed by atoms with E-state index >= 15 is 0 Å². The molecule has 0 N–H and O–H groups in total. The number of likely N-dealkylation sites (tertiary alicyclic amines) is 1. The van der Waals surface area contributed by atoms with Crippen molar-refractivity contribution in [2.75, 3.05) is 20.1 Å². The number of rotatable bonds is 4. The number of thiophene rings is 1. The second-order valence-electron chi connectivity index (χ2n) is 6.35. The molecule has 0 aliphatic carbocycles. The van der Waals surface area contributed by atoms with Gasteiger partial charge in [-0.1, -0.05) is 6.07 Å². The summed E-state index contributed by atoms with van der Waals surface area (Å²) >= 11 is 3.42. The number of aryl methyl sites for hydroxylation is 1. The maximum absolute atomic E-state index is 4.90. The minimum absolute atomic E-state index is 0.433. The third kappa shape index (κ3) is 3.16. The van der Waals surface area contributed by atoms with Crippen LogP contribution in [0.3, 0.4) is 0 Å². The Kier molecular flexibility index (Phi) is 4.47. The second kappa shape index (κ2) is 6.74. The van der Waals surface area contributed by atoms with Crippen molar-refractivity contribution in [2.45, 2.75) is 32.2 Å². The highest BCUT2D eigenvalue weighted by molar-refractivity contribution is 7.13. The van der Waals surface area contributed by atoms with Crippen LogP contribution in [0.15, 0.2) is 23.0 Å². The van der Waals surface area contributed by atoms with E-state index in [0.29, 0.717) is 6.04 Å². The molecule has 4 heterocycles. The van der Waals surface area contributed by atoms with Gasteiger partial charge >= 0.3 is 0 Å². The van der Waals surface area contributed by atoms with Gasteiger partial charge in [-0.3, -0.25) is 0 Å². The topological polar surface area (TPSA) is 46.8 Å². The molecular formula is C17H21N5S2. The van der Waals surface area contributed by atoms with Crippen LogP contribution in [0.5, 0.6) is 0 Å². The summed E-state index contributed by atoms with van der Waals surface area (Å²) in [6.45, 7) is 4.29. The monoisotopic (exact) mass is 359 g/mol. The molecular weight excluding hydrogens is 338 g/mol. The van der Waals surface area contributed by atoms with Gasteiger partial charge in [0.1, 0.15) is 0 Å². The lowest BCUT2D eigenvalue weighted by Gasteiger charge is -2.29. The lowest BCUT2D eigenvalue weighted by Crippen LogP contribution is -2.32. The summed E-state index contributed by atoms with van der Waals surface area (Å²) in [6, 6.07) is 4.67. The molecule has 0 bridgehead atoms. The SMILES string of the molecule is Cc1ncsc1-c1nc(Cc2cccs2)nn1C1CCN(C)CC1. The molecule has 0 saturated carbocycles. The highest BCUT2D eigenvalue weighted by atomic mass is 32.1. The van der Waals surface area contributed by atoms with Crippen molar-refractivity contribution in [2.24, 2.45) is 0 Å². The van der Waals surface area contributed by atoms with Gasteiger partial charge in [-0.05, 0) is 51.3 Å². The molecule has 24 heavy (non-hydrogen) atoms. The number of nitrogens with zero attached hydrogens (tertiary/aromatic N) is 5. The van der Waals surface area contributed by atoms with Crippen molar-refractivity contribution in [1.29, 1.82) is 0 Å². The fourth-order valence-corrected chi connectivity index (χ4v) is 4.66. The van der Waals surface area contributed by atoms with Crippen molar-refractivity contribution in [3.8, 4) is 10.7 Å². The predicted octanol–water partition coefficient (Wildman–Crippen LogP) is 3.63. The van der Waals surface area contributed by atoms with Gasteiger partial charge < -0.3 is 4.90 Å². The van der Waals surface area contributed by atoms with E-state index in [1.807, 2.05) is 5.51 Å². The van der Waals surface area contributed by atoms with Crippen molar-refractivity contribution in [3.63, 3.8) is 0 Å². The van der Waals surface area contributed by atoms with Crippen LogP contribution in [0.1, 0.15) is 35.3 Å². The first-order valence-electron chi connectivity index (χ1n) is 8.27. The molecule has 1 aliphatic heterocycles. The average Bonchev–Trinajstić information content (AvgIpc) is 3.30. The van der Waals surface area contributed by atoms with Crippen LogP contribution in [0, 0.1) is 6.92 Å². The summed E-state index contributed by atoms with van der Waals surface area (Å²) in [5.74, 6) is 1.91. The quantitative estimate of drug-likeness (QED) is 0.714.